The van der Waals surface area contributed by atoms with Crippen molar-refractivity contribution in [3.63, 3.8) is 0 Å². The number of aliphatic hydroxyl groups is 1. The van der Waals surface area contributed by atoms with E-state index in [9.17, 15) is 5.11 Å². The Labute approximate surface area is 98.0 Å². The number of rotatable bonds is 0. The zero-order valence-corrected chi connectivity index (χ0v) is 9.31. The van der Waals surface area contributed by atoms with Gasteiger partial charge in [-0.3, -0.25) is 0 Å². The van der Waals surface area contributed by atoms with Crippen LogP contribution in [0.5, 0.6) is 0 Å². The topological polar surface area (TPSA) is 57.6 Å². The molecule has 0 spiro atoms. The fourth-order valence-corrected chi connectivity index (χ4v) is 2.40. The fraction of sp³-hybridized carbons (Fsp3) is 0.500. The Morgan fingerprint density at radius 1 is 1.62 bits per heavy atom. The first-order valence-electron chi connectivity index (χ1n) is 5.24. The van der Waals surface area contributed by atoms with E-state index < -0.39 is 6.35 Å². The molecule has 2 atom stereocenters. The largest absolute Gasteiger partial charge is 0.361 e. The van der Waals surface area contributed by atoms with Gasteiger partial charge in [-0.15, -0.1) is 0 Å². The maximum Gasteiger partial charge on any atom is 0.187 e. The molecule has 1 fully saturated rings. The highest BCUT2D eigenvalue weighted by Crippen LogP contribution is 2.39. The first kappa shape index (κ1) is 10.3. The van der Waals surface area contributed by atoms with Crippen LogP contribution in [0.15, 0.2) is 12.3 Å². The number of pyridine rings is 1. The van der Waals surface area contributed by atoms with E-state index in [2.05, 4.69) is 10.3 Å². The average molecular weight is 242 g/mol. The van der Waals surface area contributed by atoms with Gasteiger partial charge in [-0.05, 0) is 12.5 Å². The number of fused-ring (bicyclic) bond motifs is 3. The van der Waals surface area contributed by atoms with Crippen molar-refractivity contribution < 1.29 is 9.84 Å². The highest BCUT2D eigenvalue weighted by atomic mass is 35.5. The minimum atomic E-state index is -0.760. The number of aliphatic hydroxyl groups excluding tert-OH is 1. The molecule has 0 amide bonds. The molecule has 5 nitrogen and oxygen atoms in total. The van der Waals surface area contributed by atoms with Crippen LogP contribution in [0.1, 0.15) is 18.2 Å². The van der Waals surface area contributed by atoms with Crippen LogP contribution in [0.3, 0.4) is 0 Å². The number of hydrogen-bond donors (Lipinski definition) is 2. The Bertz CT molecular complexity index is 415. The van der Waals surface area contributed by atoms with Crippen LogP contribution in [0, 0.1) is 0 Å². The molecular formula is C10H12ClN3O2. The lowest BCUT2D eigenvalue weighted by Crippen LogP contribution is -2.50. The molecule has 3 rings (SSSR count). The van der Waals surface area contributed by atoms with Gasteiger partial charge >= 0.3 is 0 Å². The van der Waals surface area contributed by atoms with Crippen molar-refractivity contribution >= 4 is 17.4 Å². The van der Waals surface area contributed by atoms with Crippen LogP contribution in [0.2, 0.25) is 5.02 Å². The maximum atomic E-state index is 9.89. The Kier molecular flexibility index (Phi) is 2.48. The molecule has 0 aromatic carbocycles. The second-order valence-electron chi connectivity index (χ2n) is 3.89. The lowest BCUT2D eigenvalue weighted by Gasteiger charge is -2.43. The molecule has 1 aromatic heterocycles. The lowest BCUT2D eigenvalue weighted by atomic mass is 10.1. The average Bonchev–Trinajstić information content (AvgIpc) is 2.29. The molecule has 0 radical (unpaired) electrons. The second-order valence-corrected chi connectivity index (χ2v) is 4.29. The molecule has 1 saturated heterocycles. The Morgan fingerprint density at radius 2 is 2.50 bits per heavy atom. The van der Waals surface area contributed by atoms with Crippen LogP contribution in [-0.4, -0.2) is 34.5 Å². The molecule has 3 heterocycles. The summed E-state index contributed by atoms with van der Waals surface area (Å²) in [6.07, 6.45) is 1.46. The van der Waals surface area contributed by atoms with Gasteiger partial charge in [-0.1, -0.05) is 11.6 Å². The van der Waals surface area contributed by atoms with Gasteiger partial charge in [-0.2, -0.15) is 0 Å². The van der Waals surface area contributed by atoms with Crippen molar-refractivity contribution in [3.8, 4) is 0 Å². The van der Waals surface area contributed by atoms with Crippen molar-refractivity contribution in [1.29, 1.82) is 0 Å². The highest BCUT2D eigenvalue weighted by molar-refractivity contribution is 6.31. The third-order valence-corrected chi connectivity index (χ3v) is 3.23. The second kappa shape index (κ2) is 3.85. The molecule has 2 aliphatic rings. The minimum absolute atomic E-state index is 0.291. The predicted molar refractivity (Wildman–Crippen MR) is 58.9 cm³/mol. The smallest absolute Gasteiger partial charge is 0.187 e. The van der Waals surface area contributed by atoms with Gasteiger partial charge in [0, 0.05) is 12.7 Å². The Balaban J connectivity index is 2.08. The first-order chi connectivity index (χ1) is 7.77. The number of hydrogen-bond acceptors (Lipinski definition) is 5. The van der Waals surface area contributed by atoms with Crippen LogP contribution in [-0.2, 0) is 4.74 Å². The predicted octanol–water partition coefficient (Wildman–Crippen LogP) is 1.16. The maximum absolute atomic E-state index is 9.89. The van der Waals surface area contributed by atoms with Gasteiger partial charge < -0.3 is 15.2 Å². The molecule has 16 heavy (non-hydrogen) atoms. The number of ether oxygens (including phenoxy) is 1. The molecule has 0 bridgehead atoms. The lowest BCUT2D eigenvalue weighted by molar-refractivity contribution is -0.160. The summed E-state index contributed by atoms with van der Waals surface area (Å²) < 4.78 is 5.66. The third kappa shape index (κ3) is 1.48. The summed E-state index contributed by atoms with van der Waals surface area (Å²) in [4.78, 5) is 5.99. The highest BCUT2D eigenvalue weighted by Gasteiger charge is 2.37. The summed E-state index contributed by atoms with van der Waals surface area (Å²) in [5, 5.41) is 13.4. The molecular weight excluding hydrogens is 230 g/mol. The van der Waals surface area contributed by atoms with Crippen molar-refractivity contribution in [2.24, 2.45) is 0 Å². The SMILES string of the molecule is OC1Nc2nccc(Cl)c2C2OCCCN12. The quantitative estimate of drug-likeness (QED) is 0.714. The summed E-state index contributed by atoms with van der Waals surface area (Å²) >= 11 is 6.14. The van der Waals surface area contributed by atoms with Gasteiger partial charge in [0.05, 0.1) is 17.2 Å². The van der Waals surface area contributed by atoms with Crippen molar-refractivity contribution in [2.45, 2.75) is 19.0 Å². The van der Waals surface area contributed by atoms with E-state index in [0.717, 1.165) is 18.5 Å². The van der Waals surface area contributed by atoms with Crippen molar-refractivity contribution in [2.75, 3.05) is 18.5 Å². The van der Waals surface area contributed by atoms with E-state index in [-0.39, 0.29) is 6.23 Å². The van der Waals surface area contributed by atoms with E-state index in [1.165, 1.54) is 0 Å². The molecule has 0 saturated carbocycles. The summed E-state index contributed by atoms with van der Waals surface area (Å²) in [5.74, 6) is 0.600. The molecule has 2 N–H and O–H groups in total. The van der Waals surface area contributed by atoms with Crippen molar-refractivity contribution in [3.05, 3.63) is 22.8 Å². The first-order valence-corrected chi connectivity index (χ1v) is 5.61. The molecule has 2 aliphatic heterocycles. The number of anilines is 1. The van der Waals surface area contributed by atoms with Gasteiger partial charge in [0.15, 0.2) is 6.35 Å². The van der Waals surface area contributed by atoms with Crippen LogP contribution < -0.4 is 5.32 Å². The van der Waals surface area contributed by atoms with Gasteiger partial charge in [-0.25, -0.2) is 9.88 Å². The number of nitrogens with zero attached hydrogens (tertiary/aromatic N) is 2. The van der Waals surface area contributed by atoms with Crippen LogP contribution in [0.4, 0.5) is 5.82 Å². The Hall–Kier alpha value is -0.880. The molecule has 1 aromatic rings. The van der Waals surface area contributed by atoms with E-state index >= 15 is 0 Å². The Morgan fingerprint density at radius 3 is 3.38 bits per heavy atom. The fourth-order valence-electron chi connectivity index (χ4n) is 2.16. The van der Waals surface area contributed by atoms with Crippen LogP contribution in [0.25, 0.3) is 0 Å². The van der Waals surface area contributed by atoms with E-state index in [1.54, 1.807) is 12.3 Å². The minimum Gasteiger partial charge on any atom is -0.361 e. The van der Waals surface area contributed by atoms with Crippen LogP contribution >= 0.6 is 11.6 Å². The van der Waals surface area contributed by atoms with Crippen molar-refractivity contribution in [1.82, 2.24) is 9.88 Å². The summed E-state index contributed by atoms with van der Waals surface area (Å²) in [6, 6.07) is 1.73. The number of aromatic nitrogens is 1. The molecule has 0 aliphatic carbocycles. The normalized spacial score (nSPS) is 29.1. The standard InChI is InChI=1S/C10H12ClN3O2/c11-6-2-3-12-8-7(6)9-14(10(15)13-8)4-1-5-16-9/h2-3,9-10,15H,1,4-5H2,(H,12,13). The third-order valence-electron chi connectivity index (χ3n) is 2.90. The summed E-state index contributed by atoms with van der Waals surface area (Å²) in [7, 11) is 0. The molecule has 6 heteroatoms. The van der Waals surface area contributed by atoms with Gasteiger partial charge in [0.1, 0.15) is 12.0 Å². The zero-order chi connectivity index (χ0) is 11.1. The van der Waals surface area contributed by atoms with Gasteiger partial charge in [0.25, 0.3) is 0 Å². The van der Waals surface area contributed by atoms with E-state index in [4.69, 9.17) is 16.3 Å². The summed E-state index contributed by atoms with van der Waals surface area (Å²) in [5.41, 5.74) is 0.814. The van der Waals surface area contributed by atoms with E-state index in [0.29, 0.717) is 17.4 Å². The zero-order valence-electron chi connectivity index (χ0n) is 8.56. The summed E-state index contributed by atoms with van der Waals surface area (Å²) in [6.45, 7) is 1.46. The van der Waals surface area contributed by atoms with E-state index in [1.807, 2.05) is 4.90 Å². The molecule has 2 unspecified atom stereocenters. The molecule has 86 valence electrons. The monoisotopic (exact) mass is 241 g/mol. The number of halogens is 1. The van der Waals surface area contributed by atoms with Gasteiger partial charge in [0.2, 0.25) is 0 Å². The number of nitrogens with one attached hydrogen (secondary N) is 1.